The lowest BCUT2D eigenvalue weighted by molar-refractivity contribution is 0.203. The van der Waals surface area contributed by atoms with Gasteiger partial charge in [0.1, 0.15) is 5.75 Å². The number of methoxy groups -OCH3 is 1. The molecule has 4 aromatic rings. The minimum atomic E-state index is -0.452. The van der Waals surface area contributed by atoms with Gasteiger partial charge in [0.15, 0.2) is 0 Å². The Morgan fingerprint density at radius 3 is 2.37 bits per heavy atom. The van der Waals surface area contributed by atoms with Crippen LogP contribution in [0, 0.1) is 6.92 Å². The van der Waals surface area contributed by atoms with Crippen molar-refractivity contribution in [2.24, 2.45) is 0 Å². The highest BCUT2D eigenvalue weighted by atomic mass is 16.5. The van der Waals surface area contributed by atoms with E-state index in [2.05, 4.69) is 10.5 Å². The minimum absolute atomic E-state index is 0.186. The molecule has 0 spiro atoms. The first-order valence-electron chi connectivity index (χ1n) is 11.4. The Labute approximate surface area is 204 Å². The summed E-state index contributed by atoms with van der Waals surface area (Å²) in [7, 11) is 1.62. The van der Waals surface area contributed by atoms with Gasteiger partial charge < -0.3 is 14.6 Å². The van der Waals surface area contributed by atoms with Gasteiger partial charge >= 0.3 is 6.03 Å². The Morgan fingerprint density at radius 1 is 0.971 bits per heavy atom. The SMILES string of the molecule is COc1ccc(C2NC(=O)N(Cc3ccccc3)C(C)=C2c2nc(-c3ccc(C)cc3)no2)cc1. The third-order valence-electron chi connectivity index (χ3n) is 6.20. The van der Waals surface area contributed by atoms with E-state index in [1.165, 1.54) is 0 Å². The van der Waals surface area contributed by atoms with Crippen molar-refractivity contribution in [3.05, 3.63) is 107 Å². The Bertz CT molecular complexity index is 1360. The number of carbonyl (C=O) groups is 1. The van der Waals surface area contributed by atoms with Gasteiger partial charge in [0.2, 0.25) is 5.82 Å². The Kier molecular flexibility index (Phi) is 6.06. The summed E-state index contributed by atoms with van der Waals surface area (Å²) in [6.07, 6.45) is 0. The van der Waals surface area contributed by atoms with Crippen molar-refractivity contribution >= 4 is 11.6 Å². The Morgan fingerprint density at radius 2 is 1.69 bits per heavy atom. The molecule has 7 nitrogen and oxygen atoms in total. The van der Waals surface area contributed by atoms with Gasteiger partial charge in [-0.15, -0.1) is 0 Å². The molecule has 1 unspecified atom stereocenters. The molecule has 2 amide bonds. The molecule has 1 N–H and O–H groups in total. The molecule has 7 heteroatoms. The molecule has 2 heterocycles. The second-order valence-electron chi connectivity index (χ2n) is 8.52. The lowest BCUT2D eigenvalue weighted by Crippen LogP contribution is -2.45. The first-order valence-corrected chi connectivity index (χ1v) is 11.4. The van der Waals surface area contributed by atoms with Crippen LogP contribution in [-0.2, 0) is 6.54 Å². The van der Waals surface area contributed by atoms with Gasteiger partial charge in [0.05, 0.1) is 25.3 Å². The standard InChI is InChI=1S/C28H26N4O3/c1-18-9-11-22(12-10-18)26-30-27(35-31-26)24-19(2)32(17-20-7-5-4-6-8-20)28(33)29-25(24)21-13-15-23(34-3)16-14-21/h4-16,25H,17H2,1-3H3,(H,29,33). The highest BCUT2D eigenvalue weighted by Crippen LogP contribution is 2.38. The largest absolute Gasteiger partial charge is 0.497 e. The number of rotatable bonds is 6. The van der Waals surface area contributed by atoms with E-state index < -0.39 is 6.04 Å². The number of amides is 2. The van der Waals surface area contributed by atoms with Gasteiger partial charge in [-0.1, -0.05) is 77.5 Å². The number of urea groups is 1. The van der Waals surface area contributed by atoms with Gasteiger partial charge in [-0.25, -0.2) is 4.79 Å². The fourth-order valence-corrected chi connectivity index (χ4v) is 4.21. The maximum atomic E-state index is 13.2. The van der Waals surface area contributed by atoms with E-state index in [1.807, 2.05) is 92.7 Å². The summed E-state index contributed by atoms with van der Waals surface area (Å²) in [4.78, 5) is 19.7. The van der Waals surface area contributed by atoms with Gasteiger partial charge in [-0.05, 0) is 37.1 Å². The van der Waals surface area contributed by atoms with Crippen LogP contribution in [0.2, 0.25) is 0 Å². The molecule has 1 aromatic heterocycles. The number of aromatic nitrogens is 2. The molecule has 0 aliphatic carbocycles. The lowest BCUT2D eigenvalue weighted by Gasteiger charge is -2.35. The summed E-state index contributed by atoms with van der Waals surface area (Å²) in [6.45, 7) is 4.38. The summed E-state index contributed by atoms with van der Waals surface area (Å²) < 4.78 is 11.1. The molecule has 35 heavy (non-hydrogen) atoms. The van der Waals surface area contributed by atoms with Crippen molar-refractivity contribution in [3.63, 3.8) is 0 Å². The van der Waals surface area contributed by atoms with Crippen molar-refractivity contribution in [1.82, 2.24) is 20.4 Å². The summed E-state index contributed by atoms with van der Waals surface area (Å²) in [5.41, 5.74) is 5.46. The molecule has 0 saturated carbocycles. The highest BCUT2D eigenvalue weighted by molar-refractivity contribution is 5.87. The fourth-order valence-electron chi connectivity index (χ4n) is 4.21. The number of aryl methyl sites for hydroxylation is 1. The predicted octanol–water partition coefficient (Wildman–Crippen LogP) is 5.75. The molecule has 1 aliphatic rings. The zero-order chi connectivity index (χ0) is 24.4. The quantitative estimate of drug-likeness (QED) is 0.391. The number of nitrogens with one attached hydrogen (secondary N) is 1. The summed E-state index contributed by atoms with van der Waals surface area (Å²) in [5, 5.41) is 7.37. The van der Waals surface area contributed by atoms with Crippen molar-refractivity contribution < 1.29 is 14.1 Å². The number of nitrogens with zero attached hydrogens (tertiary/aromatic N) is 3. The zero-order valence-corrected chi connectivity index (χ0v) is 19.9. The number of hydrogen-bond acceptors (Lipinski definition) is 5. The van der Waals surface area contributed by atoms with Crippen LogP contribution in [0.1, 0.15) is 35.5 Å². The van der Waals surface area contributed by atoms with Crippen LogP contribution >= 0.6 is 0 Å². The molecule has 1 atom stereocenters. The molecule has 0 radical (unpaired) electrons. The lowest BCUT2D eigenvalue weighted by atomic mass is 9.94. The van der Waals surface area contributed by atoms with Crippen molar-refractivity contribution in [1.29, 1.82) is 0 Å². The maximum Gasteiger partial charge on any atom is 0.322 e. The van der Waals surface area contributed by atoms with Crippen molar-refractivity contribution in [2.45, 2.75) is 26.4 Å². The summed E-state index contributed by atoms with van der Waals surface area (Å²) in [6, 6.07) is 24.8. The van der Waals surface area contributed by atoms with Gasteiger partial charge in [-0.3, -0.25) is 4.90 Å². The number of allylic oxidation sites excluding steroid dienone is 1. The molecule has 176 valence electrons. The van der Waals surface area contributed by atoms with E-state index in [-0.39, 0.29) is 6.03 Å². The van der Waals surface area contributed by atoms with Crippen LogP contribution in [0.25, 0.3) is 17.0 Å². The average Bonchev–Trinajstić information content (AvgIpc) is 3.37. The van der Waals surface area contributed by atoms with Gasteiger partial charge in [-0.2, -0.15) is 4.98 Å². The monoisotopic (exact) mass is 466 g/mol. The maximum absolute atomic E-state index is 13.2. The first kappa shape index (κ1) is 22.4. The Balaban J connectivity index is 1.58. The third kappa shape index (κ3) is 4.53. The number of carbonyl (C=O) groups excluding carboxylic acids is 1. The molecular weight excluding hydrogens is 440 g/mol. The molecule has 0 fully saturated rings. The van der Waals surface area contributed by atoms with Crippen LogP contribution in [0.5, 0.6) is 5.75 Å². The molecule has 0 saturated heterocycles. The normalized spacial score (nSPS) is 15.8. The van der Waals surface area contributed by atoms with E-state index >= 15 is 0 Å². The third-order valence-corrected chi connectivity index (χ3v) is 6.20. The van der Waals surface area contributed by atoms with Crippen LogP contribution in [0.4, 0.5) is 4.79 Å². The van der Waals surface area contributed by atoms with Crippen LogP contribution in [-0.4, -0.2) is 28.2 Å². The molecule has 1 aliphatic heterocycles. The highest BCUT2D eigenvalue weighted by Gasteiger charge is 2.35. The Hall–Kier alpha value is -4.39. The summed E-state index contributed by atoms with van der Waals surface area (Å²) >= 11 is 0. The second kappa shape index (κ2) is 9.46. The average molecular weight is 467 g/mol. The number of hydrogen-bond donors (Lipinski definition) is 1. The van der Waals surface area contributed by atoms with Crippen LogP contribution < -0.4 is 10.1 Å². The topological polar surface area (TPSA) is 80.5 Å². The van der Waals surface area contributed by atoms with Crippen molar-refractivity contribution in [3.8, 4) is 17.1 Å². The summed E-state index contributed by atoms with van der Waals surface area (Å²) in [5.74, 6) is 1.61. The van der Waals surface area contributed by atoms with Crippen molar-refractivity contribution in [2.75, 3.05) is 7.11 Å². The smallest absolute Gasteiger partial charge is 0.322 e. The predicted molar refractivity (Wildman–Crippen MR) is 133 cm³/mol. The van der Waals surface area contributed by atoms with E-state index in [4.69, 9.17) is 14.2 Å². The molecule has 5 rings (SSSR count). The van der Waals surface area contributed by atoms with E-state index in [0.717, 1.165) is 39.3 Å². The molecule has 3 aromatic carbocycles. The van der Waals surface area contributed by atoms with E-state index in [0.29, 0.717) is 18.3 Å². The first-order chi connectivity index (χ1) is 17.0. The van der Waals surface area contributed by atoms with Crippen LogP contribution in [0.15, 0.2) is 89.1 Å². The second-order valence-corrected chi connectivity index (χ2v) is 8.52. The van der Waals surface area contributed by atoms with Crippen LogP contribution in [0.3, 0.4) is 0 Å². The van der Waals surface area contributed by atoms with E-state index in [9.17, 15) is 4.79 Å². The molecule has 0 bridgehead atoms. The van der Waals surface area contributed by atoms with Gasteiger partial charge in [0.25, 0.3) is 5.89 Å². The van der Waals surface area contributed by atoms with Gasteiger partial charge in [0, 0.05) is 11.3 Å². The number of ether oxygens (including phenoxy) is 1. The fraction of sp³-hybridized carbons (Fsp3) is 0.179. The minimum Gasteiger partial charge on any atom is -0.497 e. The number of benzene rings is 3. The zero-order valence-electron chi connectivity index (χ0n) is 19.9. The molecular formula is C28H26N4O3. The van der Waals surface area contributed by atoms with E-state index in [1.54, 1.807) is 12.0 Å².